The maximum absolute atomic E-state index is 12.0. The van der Waals surface area contributed by atoms with Crippen LogP contribution in [0.25, 0.3) is 21.7 Å². The predicted molar refractivity (Wildman–Crippen MR) is 91.3 cm³/mol. The van der Waals surface area contributed by atoms with Gasteiger partial charge in [0.1, 0.15) is 11.3 Å². The van der Waals surface area contributed by atoms with Gasteiger partial charge in [-0.15, -0.1) is 0 Å². The summed E-state index contributed by atoms with van der Waals surface area (Å²) >= 11 is 0. The summed E-state index contributed by atoms with van der Waals surface area (Å²) in [5.74, 6) is 0.880. The van der Waals surface area contributed by atoms with Crippen LogP contribution in [0.2, 0.25) is 0 Å². The maximum Gasteiger partial charge on any atom is 0.227 e. The van der Waals surface area contributed by atoms with Gasteiger partial charge in [-0.1, -0.05) is 37.3 Å². The number of hydrogen-bond donors (Lipinski definition) is 2. The van der Waals surface area contributed by atoms with Crippen LogP contribution in [0.5, 0.6) is 0 Å². The summed E-state index contributed by atoms with van der Waals surface area (Å²) in [6.45, 7) is 2.72. The fraction of sp³-hybridized carbons (Fsp3) is 0.316. The number of rotatable bonds is 6. The highest BCUT2D eigenvalue weighted by atomic mass is 16.3. The van der Waals surface area contributed by atoms with Crippen molar-refractivity contribution < 1.29 is 14.3 Å². The molecule has 0 radical (unpaired) electrons. The van der Waals surface area contributed by atoms with Crippen molar-refractivity contribution >= 4 is 27.6 Å². The van der Waals surface area contributed by atoms with Crippen molar-refractivity contribution in [3.63, 3.8) is 0 Å². The lowest BCUT2D eigenvalue weighted by atomic mass is 10.1. The van der Waals surface area contributed by atoms with Crippen molar-refractivity contribution in [3.8, 4) is 0 Å². The van der Waals surface area contributed by atoms with E-state index in [0.717, 1.165) is 21.7 Å². The van der Waals surface area contributed by atoms with Gasteiger partial charge in [0.2, 0.25) is 5.91 Å². The number of hydrogen-bond acceptors (Lipinski definition) is 3. The predicted octanol–water partition coefficient (Wildman–Crippen LogP) is 3.26. The number of aliphatic hydroxyl groups excluding tert-OH is 1. The van der Waals surface area contributed by atoms with E-state index in [9.17, 15) is 4.79 Å². The van der Waals surface area contributed by atoms with Crippen molar-refractivity contribution in [1.29, 1.82) is 0 Å². The van der Waals surface area contributed by atoms with E-state index in [2.05, 4.69) is 17.4 Å². The Morgan fingerprint density at radius 3 is 2.87 bits per heavy atom. The SMILES string of the molecule is C[C@@H](CCO)CNC(=O)Cc1cc2c(ccc3ccccc32)o1. The van der Waals surface area contributed by atoms with E-state index < -0.39 is 0 Å². The highest BCUT2D eigenvalue weighted by Crippen LogP contribution is 2.28. The summed E-state index contributed by atoms with van der Waals surface area (Å²) in [7, 11) is 0. The molecule has 0 fully saturated rings. The minimum Gasteiger partial charge on any atom is -0.461 e. The average molecular weight is 311 g/mol. The standard InChI is InChI=1S/C19H21NO3/c1-13(8-9-21)12-20-19(22)11-15-10-17-16-5-3-2-4-14(16)6-7-18(17)23-15/h2-7,10,13,21H,8-9,11-12H2,1H3,(H,20,22)/t13-/m0/s1. The summed E-state index contributed by atoms with van der Waals surface area (Å²) in [5, 5.41) is 15.1. The van der Waals surface area contributed by atoms with Crippen LogP contribution in [0.1, 0.15) is 19.1 Å². The van der Waals surface area contributed by atoms with E-state index >= 15 is 0 Å². The lowest BCUT2D eigenvalue weighted by molar-refractivity contribution is -0.120. The second kappa shape index (κ2) is 6.84. The van der Waals surface area contributed by atoms with E-state index in [-0.39, 0.29) is 24.9 Å². The number of carbonyl (C=O) groups excluding carboxylic acids is 1. The molecule has 1 atom stereocenters. The molecule has 3 aromatic rings. The highest BCUT2D eigenvalue weighted by Gasteiger charge is 2.11. The first-order chi connectivity index (χ1) is 11.2. The van der Waals surface area contributed by atoms with E-state index in [1.165, 1.54) is 0 Å². The smallest absolute Gasteiger partial charge is 0.227 e. The lowest BCUT2D eigenvalue weighted by Crippen LogP contribution is -2.29. The van der Waals surface area contributed by atoms with Crippen molar-refractivity contribution in [2.24, 2.45) is 5.92 Å². The molecule has 1 amide bonds. The molecule has 0 spiro atoms. The van der Waals surface area contributed by atoms with Crippen LogP contribution in [0.3, 0.4) is 0 Å². The molecule has 3 rings (SSSR count). The molecule has 0 saturated heterocycles. The molecule has 1 heterocycles. The zero-order valence-electron chi connectivity index (χ0n) is 13.2. The Hall–Kier alpha value is -2.33. The topological polar surface area (TPSA) is 62.5 Å². The molecule has 23 heavy (non-hydrogen) atoms. The molecule has 120 valence electrons. The second-order valence-electron chi connectivity index (χ2n) is 6.01. The van der Waals surface area contributed by atoms with Gasteiger partial charge in [0.05, 0.1) is 6.42 Å². The Morgan fingerprint density at radius 1 is 1.22 bits per heavy atom. The van der Waals surface area contributed by atoms with Crippen molar-refractivity contribution in [2.75, 3.05) is 13.2 Å². The molecule has 0 aliphatic heterocycles. The summed E-state index contributed by atoms with van der Waals surface area (Å²) in [5.41, 5.74) is 0.806. The van der Waals surface area contributed by atoms with E-state index in [1.807, 2.05) is 37.3 Å². The number of fused-ring (bicyclic) bond motifs is 3. The number of nitrogens with one attached hydrogen (secondary N) is 1. The quantitative estimate of drug-likeness (QED) is 0.734. The minimum atomic E-state index is -0.0573. The molecule has 0 unspecified atom stereocenters. The number of carbonyl (C=O) groups is 1. The molecule has 0 aliphatic carbocycles. The largest absolute Gasteiger partial charge is 0.461 e. The zero-order chi connectivity index (χ0) is 16.2. The van der Waals surface area contributed by atoms with Crippen molar-refractivity contribution in [1.82, 2.24) is 5.32 Å². The van der Waals surface area contributed by atoms with Crippen LogP contribution in [-0.2, 0) is 11.2 Å². The highest BCUT2D eigenvalue weighted by molar-refractivity contribution is 6.06. The summed E-state index contributed by atoms with van der Waals surface area (Å²) in [6.07, 6.45) is 0.922. The molecule has 4 nitrogen and oxygen atoms in total. The third-order valence-corrected chi connectivity index (χ3v) is 4.08. The van der Waals surface area contributed by atoms with Crippen LogP contribution in [-0.4, -0.2) is 24.2 Å². The molecule has 0 aliphatic rings. The fourth-order valence-electron chi connectivity index (χ4n) is 2.76. The Kier molecular flexibility index (Phi) is 4.63. The number of amides is 1. The Morgan fingerprint density at radius 2 is 2.04 bits per heavy atom. The zero-order valence-corrected chi connectivity index (χ0v) is 13.2. The maximum atomic E-state index is 12.0. The molecule has 2 aromatic carbocycles. The van der Waals surface area contributed by atoms with Crippen molar-refractivity contribution in [3.05, 3.63) is 48.2 Å². The molecule has 0 bridgehead atoms. The van der Waals surface area contributed by atoms with Gasteiger partial charge in [-0.05, 0) is 35.2 Å². The number of furan rings is 1. The van der Waals surface area contributed by atoms with Gasteiger partial charge in [0.15, 0.2) is 0 Å². The van der Waals surface area contributed by atoms with Crippen LogP contribution in [0.15, 0.2) is 46.9 Å². The first-order valence-corrected chi connectivity index (χ1v) is 7.95. The lowest BCUT2D eigenvalue weighted by Gasteiger charge is -2.10. The molecule has 1 aromatic heterocycles. The van der Waals surface area contributed by atoms with Gasteiger partial charge < -0.3 is 14.8 Å². The van der Waals surface area contributed by atoms with E-state index in [1.54, 1.807) is 0 Å². The van der Waals surface area contributed by atoms with Gasteiger partial charge in [-0.2, -0.15) is 0 Å². The third-order valence-electron chi connectivity index (χ3n) is 4.08. The van der Waals surface area contributed by atoms with Crippen molar-refractivity contribution in [2.45, 2.75) is 19.8 Å². The van der Waals surface area contributed by atoms with Gasteiger partial charge in [-0.25, -0.2) is 0 Å². The van der Waals surface area contributed by atoms with E-state index in [0.29, 0.717) is 18.7 Å². The van der Waals surface area contributed by atoms with Crippen LogP contribution in [0.4, 0.5) is 0 Å². The van der Waals surface area contributed by atoms with Gasteiger partial charge in [0, 0.05) is 18.5 Å². The molecule has 2 N–H and O–H groups in total. The molecular formula is C19H21NO3. The van der Waals surface area contributed by atoms with Crippen LogP contribution >= 0.6 is 0 Å². The van der Waals surface area contributed by atoms with E-state index in [4.69, 9.17) is 9.52 Å². The number of benzene rings is 2. The number of aliphatic hydroxyl groups is 1. The van der Waals surface area contributed by atoms with Crippen LogP contribution < -0.4 is 5.32 Å². The molecular weight excluding hydrogens is 290 g/mol. The Bertz CT molecular complexity index is 822. The first-order valence-electron chi connectivity index (χ1n) is 7.95. The summed E-state index contributed by atoms with van der Waals surface area (Å²) in [4.78, 5) is 12.0. The van der Waals surface area contributed by atoms with Gasteiger partial charge >= 0.3 is 0 Å². The van der Waals surface area contributed by atoms with Gasteiger partial charge in [0.25, 0.3) is 0 Å². The minimum absolute atomic E-state index is 0.0573. The third kappa shape index (κ3) is 3.54. The Labute approximate surface area is 135 Å². The molecule has 0 saturated carbocycles. The first kappa shape index (κ1) is 15.6. The molecule has 4 heteroatoms. The summed E-state index contributed by atoms with van der Waals surface area (Å²) < 4.78 is 5.80. The van der Waals surface area contributed by atoms with Crippen LogP contribution in [0, 0.1) is 5.92 Å². The monoisotopic (exact) mass is 311 g/mol. The fourth-order valence-corrected chi connectivity index (χ4v) is 2.76. The normalized spacial score (nSPS) is 12.6. The second-order valence-corrected chi connectivity index (χ2v) is 6.01. The Balaban J connectivity index is 1.73. The summed E-state index contributed by atoms with van der Waals surface area (Å²) in [6, 6.07) is 14.1. The average Bonchev–Trinajstić information content (AvgIpc) is 2.96. The van der Waals surface area contributed by atoms with Gasteiger partial charge in [-0.3, -0.25) is 4.79 Å².